The Kier molecular flexibility index (Phi) is 3.95. The molecule has 0 bridgehead atoms. The molecule has 0 aliphatic rings. The fourth-order valence-corrected chi connectivity index (χ4v) is 1.69. The Morgan fingerprint density at radius 2 is 1.94 bits per heavy atom. The zero-order valence-electron chi connectivity index (χ0n) is 11.0. The molecule has 0 unspecified atom stereocenters. The molecule has 0 aliphatic carbocycles. The summed E-state index contributed by atoms with van der Waals surface area (Å²) in [6, 6.07) is 11.9. The first kappa shape index (κ1) is 12.6. The van der Waals surface area contributed by atoms with Crippen LogP contribution in [0.3, 0.4) is 0 Å². The third-order valence-electron chi connectivity index (χ3n) is 2.84. The van der Waals surface area contributed by atoms with Crippen LogP contribution in [0.15, 0.2) is 36.4 Å². The van der Waals surface area contributed by atoms with Crippen LogP contribution in [0, 0.1) is 13.8 Å². The third-order valence-corrected chi connectivity index (χ3v) is 2.84. The van der Waals surface area contributed by atoms with Gasteiger partial charge in [-0.05, 0) is 50.2 Å². The quantitative estimate of drug-likeness (QED) is 0.894. The standard InChI is InChI=1S/C15H18N2O/c1-11-7-8-14(9-12(11)2)18-15-6-4-5-13(17-15)10-16-3/h4-9,16H,10H2,1-3H3. The van der Waals surface area contributed by atoms with Gasteiger partial charge in [0.1, 0.15) is 5.75 Å². The number of aryl methyl sites for hydroxylation is 2. The highest BCUT2D eigenvalue weighted by molar-refractivity contribution is 5.35. The minimum atomic E-state index is 0.631. The van der Waals surface area contributed by atoms with Crippen molar-refractivity contribution in [3.8, 4) is 11.6 Å². The number of rotatable bonds is 4. The summed E-state index contributed by atoms with van der Waals surface area (Å²) < 4.78 is 5.76. The topological polar surface area (TPSA) is 34.1 Å². The molecule has 1 aromatic carbocycles. The Hall–Kier alpha value is -1.87. The molecule has 0 aliphatic heterocycles. The van der Waals surface area contributed by atoms with E-state index in [9.17, 15) is 0 Å². The van der Waals surface area contributed by atoms with Gasteiger partial charge in [-0.25, -0.2) is 4.98 Å². The van der Waals surface area contributed by atoms with Gasteiger partial charge in [-0.3, -0.25) is 0 Å². The van der Waals surface area contributed by atoms with Crippen molar-refractivity contribution in [2.24, 2.45) is 0 Å². The fraction of sp³-hybridized carbons (Fsp3) is 0.267. The molecule has 0 radical (unpaired) electrons. The summed E-state index contributed by atoms with van der Waals surface area (Å²) in [6.45, 7) is 4.90. The van der Waals surface area contributed by atoms with E-state index in [1.807, 2.05) is 37.4 Å². The van der Waals surface area contributed by atoms with Crippen LogP contribution in [-0.4, -0.2) is 12.0 Å². The van der Waals surface area contributed by atoms with Gasteiger partial charge in [0.05, 0.1) is 5.69 Å². The summed E-state index contributed by atoms with van der Waals surface area (Å²) in [5, 5.41) is 3.07. The molecular formula is C15H18N2O. The molecule has 1 aromatic heterocycles. The number of aromatic nitrogens is 1. The molecule has 3 nitrogen and oxygen atoms in total. The van der Waals surface area contributed by atoms with Gasteiger partial charge in [0.2, 0.25) is 5.88 Å². The van der Waals surface area contributed by atoms with E-state index in [0.29, 0.717) is 5.88 Å². The van der Waals surface area contributed by atoms with Crippen molar-refractivity contribution >= 4 is 0 Å². The zero-order chi connectivity index (χ0) is 13.0. The Bertz CT molecular complexity index is 538. The van der Waals surface area contributed by atoms with Crippen LogP contribution in [0.1, 0.15) is 16.8 Å². The highest BCUT2D eigenvalue weighted by Gasteiger charge is 2.01. The lowest BCUT2D eigenvalue weighted by Gasteiger charge is -2.08. The van der Waals surface area contributed by atoms with Crippen LogP contribution in [0.25, 0.3) is 0 Å². The first-order valence-corrected chi connectivity index (χ1v) is 6.04. The SMILES string of the molecule is CNCc1cccc(Oc2ccc(C)c(C)c2)n1. The molecule has 3 heteroatoms. The normalized spacial score (nSPS) is 10.4. The molecule has 1 heterocycles. The van der Waals surface area contributed by atoms with E-state index in [2.05, 4.69) is 30.2 Å². The molecule has 94 valence electrons. The number of pyridine rings is 1. The van der Waals surface area contributed by atoms with Crippen molar-refractivity contribution in [3.63, 3.8) is 0 Å². The molecule has 2 rings (SSSR count). The van der Waals surface area contributed by atoms with Crippen molar-refractivity contribution in [1.29, 1.82) is 0 Å². The predicted molar refractivity (Wildman–Crippen MR) is 73.0 cm³/mol. The second-order valence-corrected chi connectivity index (χ2v) is 4.35. The first-order valence-electron chi connectivity index (χ1n) is 6.04. The Labute approximate surface area is 108 Å². The molecule has 0 fully saturated rings. The largest absolute Gasteiger partial charge is 0.439 e. The number of hydrogen-bond acceptors (Lipinski definition) is 3. The lowest BCUT2D eigenvalue weighted by Crippen LogP contribution is -2.06. The van der Waals surface area contributed by atoms with E-state index in [-0.39, 0.29) is 0 Å². The molecule has 0 saturated carbocycles. The monoisotopic (exact) mass is 242 g/mol. The van der Waals surface area contributed by atoms with Crippen molar-refractivity contribution in [1.82, 2.24) is 10.3 Å². The number of nitrogens with zero attached hydrogens (tertiary/aromatic N) is 1. The molecule has 2 aromatic rings. The Morgan fingerprint density at radius 3 is 2.67 bits per heavy atom. The molecular weight excluding hydrogens is 224 g/mol. The van der Waals surface area contributed by atoms with E-state index < -0.39 is 0 Å². The van der Waals surface area contributed by atoms with E-state index in [0.717, 1.165) is 18.0 Å². The molecule has 18 heavy (non-hydrogen) atoms. The van der Waals surface area contributed by atoms with Crippen LogP contribution in [0.4, 0.5) is 0 Å². The summed E-state index contributed by atoms with van der Waals surface area (Å²) in [6.07, 6.45) is 0. The van der Waals surface area contributed by atoms with E-state index in [1.54, 1.807) is 0 Å². The van der Waals surface area contributed by atoms with Crippen LogP contribution in [-0.2, 0) is 6.54 Å². The zero-order valence-corrected chi connectivity index (χ0v) is 11.0. The lowest BCUT2D eigenvalue weighted by molar-refractivity contribution is 0.459. The highest BCUT2D eigenvalue weighted by Crippen LogP contribution is 2.22. The smallest absolute Gasteiger partial charge is 0.219 e. The minimum Gasteiger partial charge on any atom is -0.439 e. The van der Waals surface area contributed by atoms with Crippen molar-refractivity contribution in [3.05, 3.63) is 53.2 Å². The van der Waals surface area contributed by atoms with Crippen LogP contribution < -0.4 is 10.1 Å². The minimum absolute atomic E-state index is 0.631. The summed E-state index contributed by atoms with van der Waals surface area (Å²) in [7, 11) is 1.90. The first-order chi connectivity index (χ1) is 8.69. The van der Waals surface area contributed by atoms with Crippen molar-refractivity contribution in [2.45, 2.75) is 20.4 Å². The van der Waals surface area contributed by atoms with Gasteiger partial charge in [-0.1, -0.05) is 12.1 Å². The van der Waals surface area contributed by atoms with Gasteiger partial charge in [0, 0.05) is 12.6 Å². The van der Waals surface area contributed by atoms with Gasteiger partial charge in [-0.15, -0.1) is 0 Å². The average Bonchev–Trinajstić information content (AvgIpc) is 2.35. The van der Waals surface area contributed by atoms with Crippen LogP contribution in [0.2, 0.25) is 0 Å². The Balaban J connectivity index is 2.17. The lowest BCUT2D eigenvalue weighted by atomic mass is 10.1. The molecule has 0 saturated heterocycles. The maximum atomic E-state index is 5.76. The van der Waals surface area contributed by atoms with Crippen LogP contribution in [0.5, 0.6) is 11.6 Å². The summed E-state index contributed by atoms with van der Waals surface area (Å²) in [5.74, 6) is 1.46. The second-order valence-electron chi connectivity index (χ2n) is 4.35. The van der Waals surface area contributed by atoms with Gasteiger partial charge in [0.25, 0.3) is 0 Å². The molecule has 1 N–H and O–H groups in total. The van der Waals surface area contributed by atoms with Gasteiger partial charge in [0.15, 0.2) is 0 Å². The maximum Gasteiger partial charge on any atom is 0.219 e. The Morgan fingerprint density at radius 1 is 1.11 bits per heavy atom. The fourth-order valence-electron chi connectivity index (χ4n) is 1.69. The summed E-state index contributed by atoms with van der Waals surface area (Å²) in [5.41, 5.74) is 3.46. The van der Waals surface area contributed by atoms with E-state index >= 15 is 0 Å². The molecule has 0 amide bonds. The van der Waals surface area contributed by atoms with E-state index in [1.165, 1.54) is 11.1 Å². The summed E-state index contributed by atoms with van der Waals surface area (Å²) in [4.78, 5) is 4.43. The van der Waals surface area contributed by atoms with Gasteiger partial charge >= 0.3 is 0 Å². The third kappa shape index (κ3) is 3.08. The molecule has 0 atom stereocenters. The predicted octanol–water partition coefficient (Wildman–Crippen LogP) is 3.21. The highest BCUT2D eigenvalue weighted by atomic mass is 16.5. The number of nitrogens with one attached hydrogen (secondary N) is 1. The van der Waals surface area contributed by atoms with E-state index in [4.69, 9.17) is 4.74 Å². The second kappa shape index (κ2) is 5.65. The molecule has 0 spiro atoms. The van der Waals surface area contributed by atoms with Gasteiger partial charge in [-0.2, -0.15) is 0 Å². The summed E-state index contributed by atoms with van der Waals surface area (Å²) >= 11 is 0. The van der Waals surface area contributed by atoms with Crippen LogP contribution >= 0.6 is 0 Å². The number of hydrogen-bond donors (Lipinski definition) is 1. The van der Waals surface area contributed by atoms with Crippen molar-refractivity contribution in [2.75, 3.05) is 7.05 Å². The van der Waals surface area contributed by atoms with Gasteiger partial charge < -0.3 is 10.1 Å². The average molecular weight is 242 g/mol. The maximum absolute atomic E-state index is 5.76. The van der Waals surface area contributed by atoms with Crippen molar-refractivity contribution < 1.29 is 4.74 Å². The number of ether oxygens (including phenoxy) is 1. The number of benzene rings is 1.